The Balaban J connectivity index is 2.61. The molecule has 2 aromatic heterocycles. The monoisotopic (exact) mass is 240 g/mol. The van der Waals surface area contributed by atoms with Crippen LogP contribution in [0.15, 0.2) is 16.7 Å². The zero-order chi connectivity index (χ0) is 11.9. The molecule has 0 aliphatic heterocycles. The third kappa shape index (κ3) is 1.53. The van der Waals surface area contributed by atoms with E-state index in [0.717, 1.165) is 0 Å². The molecule has 0 aliphatic rings. The van der Waals surface area contributed by atoms with Gasteiger partial charge in [0.1, 0.15) is 0 Å². The van der Waals surface area contributed by atoms with Crippen molar-refractivity contribution >= 4 is 23.4 Å². The fourth-order valence-electron chi connectivity index (χ4n) is 1.43. The van der Waals surface area contributed by atoms with E-state index >= 15 is 0 Å². The third-order valence-electron chi connectivity index (χ3n) is 2.15. The Labute approximate surface area is 95.8 Å². The molecule has 2 heterocycles. The molecular weight excluding hydrogens is 232 g/mol. The summed E-state index contributed by atoms with van der Waals surface area (Å²) in [6.45, 7) is 0. The average Bonchev–Trinajstić information content (AvgIpc) is 2.71. The number of anilines is 1. The van der Waals surface area contributed by atoms with Crippen molar-refractivity contribution in [2.75, 3.05) is 5.73 Å². The van der Waals surface area contributed by atoms with Crippen molar-refractivity contribution in [2.24, 2.45) is 12.8 Å². The zero-order valence-electron chi connectivity index (χ0n) is 8.40. The van der Waals surface area contributed by atoms with Gasteiger partial charge in [0.05, 0.1) is 22.5 Å². The molecule has 7 heteroatoms. The molecule has 0 bridgehead atoms. The van der Waals surface area contributed by atoms with Gasteiger partial charge in [0, 0.05) is 13.1 Å². The summed E-state index contributed by atoms with van der Waals surface area (Å²) >= 11 is 5.94. The number of nitrogens with zero attached hydrogens (tertiary/aromatic N) is 2. The normalized spacial score (nSPS) is 10.6. The van der Waals surface area contributed by atoms with E-state index in [1.165, 1.54) is 16.9 Å². The molecule has 2 rings (SSSR count). The summed E-state index contributed by atoms with van der Waals surface area (Å²) in [5.41, 5.74) is 11.8. The standard InChI is InChI=1S/C9H9ClN4O2/c1-14-7(5(10)3-13-14)4-2-6(8(11)15)16-9(4)12/h2-3H,12H2,1H3,(H2,11,15). The SMILES string of the molecule is Cn1ncc(Cl)c1-c1cc(C(N)=O)oc1N. The van der Waals surface area contributed by atoms with Gasteiger partial charge in [0.2, 0.25) is 5.88 Å². The van der Waals surface area contributed by atoms with Crippen LogP contribution in [0, 0.1) is 0 Å². The summed E-state index contributed by atoms with van der Waals surface area (Å²) in [6.07, 6.45) is 1.48. The molecule has 84 valence electrons. The van der Waals surface area contributed by atoms with Crippen LogP contribution in [0.4, 0.5) is 5.88 Å². The fraction of sp³-hybridized carbons (Fsp3) is 0.111. The van der Waals surface area contributed by atoms with Gasteiger partial charge in [-0.2, -0.15) is 5.10 Å². The van der Waals surface area contributed by atoms with E-state index in [1.807, 2.05) is 0 Å². The van der Waals surface area contributed by atoms with Crippen LogP contribution < -0.4 is 11.5 Å². The summed E-state index contributed by atoms with van der Waals surface area (Å²) < 4.78 is 6.55. The Bertz CT molecular complexity index is 538. The quantitative estimate of drug-likeness (QED) is 0.818. The van der Waals surface area contributed by atoms with Crippen LogP contribution in [-0.4, -0.2) is 15.7 Å². The lowest BCUT2D eigenvalue weighted by molar-refractivity contribution is 0.0975. The number of rotatable bonds is 2. The number of hydrogen-bond donors (Lipinski definition) is 2. The molecule has 6 nitrogen and oxygen atoms in total. The first kappa shape index (κ1) is 10.6. The number of nitrogens with two attached hydrogens (primary N) is 2. The maximum Gasteiger partial charge on any atom is 0.284 e. The van der Waals surface area contributed by atoms with Gasteiger partial charge in [-0.1, -0.05) is 11.6 Å². The number of furan rings is 1. The number of amides is 1. The van der Waals surface area contributed by atoms with Gasteiger partial charge in [-0.15, -0.1) is 0 Å². The summed E-state index contributed by atoms with van der Waals surface area (Å²) in [4.78, 5) is 10.9. The van der Waals surface area contributed by atoms with E-state index in [9.17, 15) is 4.79 Å². The predicted molar refractivity (Wildman–Crippen MR) is 58.9 cm³/mol. The molecule has 0 unspecified atom stereocenters. The third-order valence-corrected chi connectivity index (χ3v) is 2.43. The van der Waals surface area contributed by atoms with Gasteiger partial charge < -0.3 is 15.9 Å². The molecule has 0 saturated heterocycles. The van der Waals surface area contributed by atoms with Gasteiger partial charge >= 0.3 is 0 Å². The van der Waals surface area contributed by atoms with Crippen molar-refractivity contribution in [3.8, 4) is 11.3 Å². The molecule has 0 aromatic carbocycles. The topological polar surface area (TPSA) is 100 Å². The number of halogens is 1. The number of primary amides is 1. The highest BCUT2D eigenvalue weighted by Gasteiger charge is 2.18. The van der Waals surface area contributed by atoms with Gasteiger partial charge in [0.25, 0.3) is 5.91 Å². The predicted octanol–water partition coefficient (Wildman–Crippen LogP) is 1.01. The van der Waals surface area contributed by atoms with E-state index in [2.05, 4.69) is 5.10 Å². The Morgan fingerprint density at radius 2 is 2.31 bits per heavy atom. The van der Waals surface area contributed by atoms with Crippen molar-refractivity contribution in [2.45, 2.75) is 0 Å². The van der Waals surface area contributed by atoms with E-state index in [4.69, 9.17) is 27.5 Å². The van der Waals surface area contributed by atoms with Crippen molar-refractivity contribution in [1.82, 2.24) is 9.78 Å². The van der Waals surface area contributed by atoms with Gasteiger partial charge in [0.15, 0.2) is 5.76 Å². The first-order valence-corrected chi connectivity index (χ1v) is 4.75. The van der Waals surface area contributed by atoms with Crippen molar-refractivity contribution in [1.29, 1.82) is 0 Å². The van der Waals surface area contributed by atoms with E-state index < -0.39 is 5.91 Å². The lowest BCUT2D eigenvalue weighted by Gasteiger charge is -1.99. The van der Waals surface area contributed by atoms with Crippen LogP contribution in [-0.2, 0) is 7.05 Å². The first-order valence-electron chi connectivity index (χ1n) is 4.37. The molecule has 0 fully saturated rings. The number of nitrogen functional groups attached to an aromatic ring is 1. The number of carbonyl (C=O) groups excluding carboxylic acids is 1. The molecule has 0 radical (unpaired) electrons. The summed E-state index contributed by atoms with van der Waals surface area (Å²) in [5, 5.41) is 4.38. The lowest BCUT2D eigenvalue weighted by atomic mass is 10.2. The minimum absolute atomic E-state index is 0.00948. The van der Waals surface area contributed by atoms with Crippen LogP contribution in [0.2, 0.25) is 5.02 Å². The highest BCUT2D eigenvalue weighted by molar-refractivity contribution is 6.33. The van der Waals surface area contributed by atoms with Crippen LogP contribution in [0.25, 0.3) is 11.3 Å². The number of aryl methyl sites for hydroxylation is 1. The van der Waals surface area contributed by atoms with Crippen LogP contribution in [0.3, 0.4) is 0 Å². The first-order chi connectivity index (χ1) is 7.50. The Morgan fingerprint density at radius 3 is 2.75 bits per heavy atom. The molecule has 2 aromatic rings. The number of carbonyl (C=O) groups is 1. The number of aromatic nitrogens is 2. The second-order valence-corrected chi connectivity index (χ2v) is 3.62. The van der Waals surface area contributed by atoms with Crippen LogP contribution in [0.5, 0.6) is 0 Å². The van der Waals surface area contributed by atoms with Gasteiger partial charge in [-0.25, -0.2) is 0 Å². The Hall–Kier alpha value is -1.95. The van der Waals surface area contributed by atoms with Crippen LogP contribution >= 0.6 is 11.6 Å². The zero-order valence-corrected chi connectivity index (χ0v) is 9.15. The van der Waals surface area contributed by atoms with Gasteiger partial charge in [-0.3, -0.25) is 9.48 Å². The van der Waals surface area contributed by atoms with Crippen LogP contribution in [0.1, 0.15) is 10.6 Å². The average molecular weight is 241 g/mol. The summed E-state index contributed by atoms with van der Waals surface area (Å²) in [7, 11) is 1.71. The Kier molecular flexibility index (Phi) is 2.35. The van der Waals surface area contributed by atoms with E-state index in [0.29, 0.717) is 16.3 Å². The van der Waals surface area contributed by atoms with Crippen molar-refractivity contribution in [3.05, 3.63) is 23.0 Å². The molecule has 0 aliphatic carbocycles. The molecule has 1 amide bonds. The van der Waals surface area contributed by atoms with Crippen molar-refractivity contribution in [3.63, 3.8) is 0 Å². The van der Waals surface area contributed by atoms with Gasteiger partial charge in [-0.05, 0) is 0 Å². The number of hydrogen-bond acceptors (Lipinski definition) is 4. The fourth-order valence-corrected chi connectivity index (χ4v) is 1.69. The minimum atomic E-state index is -0.684. The maximum atomic E-state index is 10.9. The molecule has 0 spiro atoms. The highest BCUT2D eigenvalue weighted by Crippen LogP contribution is 2.33. The van der Waals surface area contributed by atoms with E-state index in [1.54, 1.807) is 7.05 Å². The maximum absolute atomic E-state index is 10.9. The molecular formula is C9H9ClN4O2. The molecule has 4 N–H and O–H groups in total. The van der Waals surface area contributed by atoms with E-state index in [-0.39, 0.29) is 11.6 Å². The Morgan fingerprint density at radius 1 is 1.62 bits per heavy atom. The molecule has 0 saturated carbocycles. The largest absolute Gasteiger partial charge is 0.435 e. The second kappa shape index (κ2) is 3.57. The highest BCUT2D eigenvalue weighted by atomic mass is 35.5. The van der Waals surface area contributed by atoms with Crippen molar-refractivity contribution < 1.29 is 9.21 Å². The minimum Gasteiger partial charge on any atom is -0.435 e. The lowest BCUT2D eigenvalue weighted by Crippen LogP contribution is -2.09. The second-order valence-electron chi connectivity index (χ2n) is 3.22. The summed E-state index contributed by atoms with van der Waals surface area (Å²) in [6, 6.07) is 1.44. The molecule has 0 atom stereocenters. The smallest absolute Gasteiger partial charge is 0.284 e. The molecule has 16 heavy (non-hydrogen) atoms. The summed E-state index contributed by atoms with van der Waals surface area (Å²) in [5.74, 6) is -0.611.